The van der Waals surface area contributed by atoms with Gasteiger partial charge in [0.25, 0.3) is 0 Å². The number of thiazole rings is 1. The molecular weight excluding hydrogens is 327 g/mol. The van der Waals surface area contributed by atoms with Gasteiger partial charge in [0.2, 0.25) is 0 Å². The maximum atomic E-state index is 13.2. The minimum Gasteiger partial charge on any atom is -0.393 e. The number of nitrogen functional groups attached to an aromatic ring is 1. The molecule has 0 bridgehead atoms. The molecule has 0 aliphatic rings. The Morgan fingerprint density at radius 2 is 1.91 bits per heavy atom. The third kappa shape index (κ3) is 3.07. The van der Waals surface area contributed by atoms with Gasteiger partial charge in [-0.25, -0.2) is 19.3 Å². The van der Waals surface area contributed by atoms with Gasteiger partial charge >= 0.3 is 0 Å². The fourth-order valence-corrected chi connectivity index (χ4v) is 2.40. The molecule has 0 atom stereocenters. The number of aromatic nitrogens is 3. The summed E-state index contributed by atoms with van der Waals surface area (Å²) in [7, 11) is 0. The lowest BCUT2D eigenvalue weighted by molar-refractivity contribution is 0.628. The number of rotatable bonds is 4. The van der Waals surface area contributed by atoms with Crippen LogP contribution in [0.4, 0.5) is 32.5 Å². The van der Waals surface area contributed by atoms with Crippen LogP contribution in [0.1, 0.15) is 0 Å². The van der Waals surface area contributed by atoms with E-state index in [0.29, 0.717) is 28.1 Å². The molecule has 3 rings (SSSR count). The number of nitrogens with one attached hydrogen (secondary N) is 2. The van der Waals surface area contributed by atoms with Gasteiger partial charge in [-0.2, -0.15) is 0 Å². The number of nitrogens with two attached hydrogens (primary N) is 1. The Bertz CT molecular complexity index is 795. The summed E-state index contributed by atoms with van der Waals surface area (Å²) in [4.78, 5) is 12.3. The molecule has 112 valence electrons. The number of benzene rings is 1. The molecule has 1 aromatic carbocycles. The molecule has 22 heavy (non-hydrogen) atoms. The van der Waals surface area contributed by atoms with Gasteiger partial charge in [0.15, 0.2) is 16.8 Å². The van der Waals surface area contributed by atoms with Crippen molar-refractivity contribution >= 4 is 51.1 Å². The van der Waals surface area contributed by atoms with Crippen LogP contribution in [0, 0.1) is 5.82 Å². The van der Waals surface area contributed by atoms with Crippen molar-refractivity contribution in [3.8, 4) is 0 Å². The van der Waals surface area contributed by atoms with Crippen LogP contribution in [-0.2, 0) is 0 Å². The van der Waals surface area contributed by atoms with E-state index in [9.17, 15) is 4.39 Å². The Morgan fingerprint density at radius 1 is 1.14 bits per heavy atom. The van der Waals surface area contributed by atoms with Gasteiger partial charge in [-0.15, -0.1) is 11.3 Å². The van der Waals surface area contributed by atoms with Crippen LogP contribution in [0.2, 0.25) is 5.02 Å². The van der Waals surface area contributed by atoms with Crippen molar-refractivity contribution in [2.45, 2.75) is 0 Å². The normalized spacial score (nSPS) is 10.5. The molecule has 0 unspecified atom stereocenters. The van der Waals surface area contributed by atoms with Gasteiger partial charge in [0.05, 0.1) is 5.02 Å². The number of nitrogens with zero attached hydrogens (tertiary/aromatic N) is 3. The van der Waals surface area contributed by atoms with E-state index in [0.717, 1.165) is 0 Å². The summed E-state index contributed by atoms with van der Waals surface area (Å²) >= 11 is 7.17. The highest BCUT2D eigenvalue weighted by Gasteiger charge is 2.10. The summed E-state index contributed by atoms with van der Waals surface area (Å²) in [5, 5.41) is 8.49. The molecule has 4 N–H and O–H groups in total. The smallest absolute Gasteiger partial charge is 0.188 e. The van der Waals surface area contributed by atoms with Crippen LogP contribution in [0.5, 0.6) is 0 Å². The van der Waals surface area contributed by atoms with E-state index in [1.807, 2.05) is 5.38 Å². The van der Waals surface area contributed by atoms with Gasteiger partial charge in [0, 0.05) is 17.3 Å². The molecule has 2 heterocycles. The van der Waals surface area contributed by atoms with Gasteiger partial charge < -0.3 is 16.4 Å². The number of halogens is 2. The summed E-state index contributed by atoms with van der Waals surface area (Å²) < 4.78 is 13.2. The first kappa shape index (κ1) is 14.5. The molecule has 6 nitrogen and oxygen atoms in total. The molecule has 0 saturated carbocycles. The summed E-state index contributed by atoms with van der Waals surface area (Å²) in [5.74, 6) is 0.325. The van der Waals surface area contributed by atoms with Crippen molar-refractivity contribution in [1.82, 2.24) is 15.0 Å². The molecule has 0 fully saturated rings. The monoisotopic (exact) mass is 336 g/mol. The van der Waals surface area contributed by atoms with Gasteiger partial charge in [-0.05, 0) is 18.2 Å². The summed E-state index contributed by atoms with van der Waals surface area (Å²) in [5.41, 5.74) is 6.92. The van der Waals surface area contributed by atoms with Gasteiger partial charge in [-0.3, -0.25) is 0 Å². The van der Waals surface area contributed by atoms with Crippen molar-refractivity contribution in [1.29, 1.82) is 0 Å². The number of anilines is 5. The molecule has 0 radical (unpaired) electrons. The van der Waals surface area contributed by atoms with Crippen LogP contribution >= 0.6 is 22.9 Å². The average molecular weight is 337 g/mol. The molecule has 2 aromatic heterocycles. The average Bonchev–Trinajstić information content (AvgIpc) is 3.00. The Labute approximate surface area is 134 Å². The van der Waals surface area contributed by atoms with Gasteiger partial charge in [0.1, 0.15) is 17.8 Å². The minimum atomic E-state index is -0.492. The zero-order valence-electron chi connectivity index (χ0n) is 11.0. The highest BCUT2D eigenvalue weighted by Crippen LogP contribution is 2.29. The van der Waals surface area contributed by atoms with E-state index in [1.54, 1.807) is 6.20 Å². The number of hydrogen-bond donors (Lipinski definition) is 3. The topological polar surface area (TPSA) is 88.8 Å². The second-order valence-electron chi connectivity index (χ2n) is 4.20. The lowest BCUT2D eigenvalue weighted by Crippen LogP contribution is -2.05. The Balaban J connectivity index is 1.86. The third-order valence-electron chi connectivity index (χ3n) is 2.72. The first-order valence-corrected chi connectivity index (χ1v) is 7.38. The van der Waals surface area contributed by atoms with E-state index >= 15 is 0 Å². The molecular formula is C13H10ClFN6S. The standard InChI is InChI=1S/C13H10ClFN6S/c14-8-5-7(1-2-9(8)15)20-11-10(16)12(19-6-18-11)21-13-17-3-4-22-13/h1-6H,16H2,(H2,17,18,19,20,21). The zero-order chi connectivity index (χ0) is 15.5. The van der Waals surface area contributed by atoms with Crippen molar-refractivity contribution in [2.75, 3.05) is 16.4 Å². The second kappa shape index (κ2) is 6.12. The molecule has 0 aliphatic heterocycles. The van der Waals surface area contributed by atoms with Crippen LogP contribution in [-0.4, -0.2) is 15.0 Å². The van der Waals surface area contributed by atoms with Crippen molar-refractivity contribution in [3.05, 3.63) is 46.9 Å². The zero-order valence-corrected chi connectivity index (χ0v) is 12.6. The fraction of sp³-hybridized carbons (Fsp3) is 0. The Morgan fingerprint density at radius 3 is 2.59 bits per heavy atom. The molecule has 0 amide bonds. The summed E-state index contributed by atoms with van der Waals surface area (Å²) in [6, 6.07) is 4.25. The second-order valence-corrected chi connectivity index (χ2v) is 5.50. The fourth-order valence-electron chi connectivity index (χ4n) is 1.69. The molecule has 9 heteroatoms. The van der Waals surface area contributed by atoms with Crippen LogP contribution in [0.3, 0.4) is 0 Å². The van der Waals surface area contributed by atoms with Crippen LogP contribution in [0.15, 0.2) is 36.1 Å². The van der Waals surface area contributed by atoms with Crippen LogP contribution < -0.4 is 16.4 Å². The Kier molecular flexibility index (Phi) is 4.03. The first-order valence-electron chi connectivity index (χ1n) is 6.12. The van der Waals surface area contributed by atoms with E-state index in [4.69, 9.17) is 17.3 Å². The Hall–Kier alpha value is -2.45. The van der Waals surface area contributed by atoms with Crippen LogP contribution in [0.25, 0.3) is 0 Å². The van der Waals surface area contributed by atoms with Crippen molar-refractivity contribution in [2.24, 2.45) is 0 Å². The molecule has 0 saturated heterocycles. The van der Waals surface area contributed by atoms with Gasteiger partial charge in [-0.1, -0.05) is 11.6 Å². The van der Waals surface area contributed by atoms with Crippen molar-refractivity contribution in [3.63, 3.8) is 0 Å². The largest absolute Gasteiger partial charge is 0.393 e. The van der Waals surface area contributed by atoms with E-state index in [1.165, 1.54) is 35.9 Å². The van der Waals surface area contributed by atoms with E-state index in [2.05, 4.69) is 25.6 Å². The maximum Gasteiger partial charge on any atom is 0.188 e. The molecule has 0 aliphatic carbocycles. The summed E-state index contributed by atoms with van der Waals surface area (Å²) in [6.07, 6.45) is 3.03. The number of hydrogen-bond acceptors (Lipinski definition) is 7. The lowest BCUT2D eigenvalue weighted by atomic mass is 10.3. The van der Waals surface area contributed by atoms with Crippen molar-refractivity contribution < 1.29 is 4.39 Å². The third-order valence-corrected chi connectivity index (χ3v) is 3.70. The lowest BCUT2D eigenvalue weighted by Gasteiger charge is -2.11. The minimum absolute atomic E-state index is 0.0127. The predicted molar refractivity (Wildman–Crippen MR) is 86.5 cm³/mol. The first-order chi connectivity index (χ1) is 10.6. The molecule has 3 aromatic rings. The highest BCUT2D eigenvalue weighted by atomic mass is 35.5. The molecule has 0 spiro atoms. The highest BCUT2D eigenvalue weighted by molar-refractivity contribution is 7.13. The quantitative estimate of drug-likeness (QED) is 0.671. The maximum absolute atomic E-state index is 13.2. The summed E-state index contributed by atoms with van der Waals surface area (Å²) in [6.45, 7) is 0. The van der Waals surface area contributed by atoms with E-state index < -0.39 is 5.82 Å². The van der Waals surface area contributed by atoms with E-state index in [-0.39, 0.29) is 5.02 Å². The predicted octanol–water partition coefficient (Wildman–Crippen LogP) is 3.79. The SMILES string of the molecule is Nc1c(Nc2ccc(F)c(Cl)c2)ncnc1Nc1nccs1.